The largest absolute Gasteiger partial charge is 0.303 e. The number of non-ortho nitro benzene ring substituents is 1. The molecule has 1 aromatic carbocycles. The molecule has 2 heterocycles. The lowest BCUT2D eigenvalue weighted by Gasteiger charge is -2.25. The zero-order chi connectivity index (χ0) is 22.7. The maximum Gasteiger partial charge on any atom is 0.270 e. The molecule has 1 aliphatic carbocycles. The molecule has 1 amide bonds. The van der Waals surface area contributed by atoms with Crippen LogP contribution >= 0.6 is 23.1 Å². The summed E-state index contributed by atoms with van der Waals surface area (Å²) in [6, 6.07) is 6.68. The van der Waals surface area contributed by atoms with E-state index in [1.54, 1.807) is 17.5 Å². The molecule has 0 radical (unpaired) electrons. The normalized spacial score (nSPS) is 15.4. The highest BCUT2D eigenvalue weighted by atomic mass is 32.2. The molecule has 0 spiro atoms. The highest BCUT2D eigenvalue weighted by Crippen LogP contribution is 2.34. The highest BCUT2D eigenvalue weighted by Gasteiger charge is 2.25. The summed E-state index contributed by atoms with van der Waals surface area (Å²) < 4.78 is 2.18. The van der Waals surface area contributed by atoms with E-state index in [4.69, 9.17) is 0 Å². The molecule has 0 bridgehead atoms. The van der Waals surface area contributed by atoms with Crippen LogP contribution in [-0.2, 0) is 4.79 Å². The molecule has 3 aromatic rings. The lowest BCUT2D eigenvalue weighted by atomic mass is 9.95. The summed E-state index contributed by atoms with van der Waals surface area (Å²) in [5.74, 6) is 0.708. The topological polar surface area (TPSA) is 116 Å². The van der Waals surface area contributed by atoms with Gasteiger partial charge in [-0.3, -0.25) is 14.9 Å². The summed E-state index contributed by atoms with van der Waals surface area (Å²) in [4.78, 5) is 27.8. The Kier molecular flexibility index (Phi) is 6.85. The van der Waals surface area contributed by atoms with Gasteiger partial charge in [0.05, 0.1) is 15.9 Å². The van der Waals surface area contributed by atoms with E-state index in [1.807, 2.05) is 13.8 Å². The molecular formula is C21H24N6O3S2. The van der Waals surface area contributed by atoms with E-state index >= 15 is 0 Å². The first-order valence-corrected chi connectivity index (χ1v) is 12.3. The van der Waals surface area contributed by atoms with Gasteiger partial charge in [-0.2, -0.15) is 0 Å². The number of anilines is 1. The Morgan fingerprint density at radius 3 is 2.84 bits per heavy atom. The van der Waals surface area contributed by atoms with Crippen LogP contribution in [0.5, 0.6) is 0 Å². The predicted octanol–water partition coefficient (Wildman–Crippen LogP) is 5.24. The molecule has 1 saturated carbocycles. The predicted molar refractivity (Wildman–Crippen MR) is 125 cm³/mol. The van der Waals surface area contributed by atoms with Crippen LogP contribution < -0.4 is 5.32 Å². The molecule has 9 nitrogen and oxygen atoms in total. The standard InChI is InChI=1S/C21H24N6O3S2/c1-13(32-21-25-24-14(2)26(21)16-8-4-3-5-9-16)19(28)23-20-22-18(12-31-20)15-7-6-10-17(11-15)27(29)30/h6-7,10-13,16H,3-5,8-9H2,1-2H3,(H,22,23,28). The number of thiazole rings is 1. The molecule has 0 saturated heterocycles. The van der Waals surface area contributed by atoms with E-state index in [1.165, 1.54) is 54.5 Å². The maximum atomic E-state index is 12.8. The van der Waals surface area contributed by atoms with Gasteiger partial charge >= 0.3 is 0 Å². The molecule has 1 fully saturated rings. The van der Waals surface area contributed by atoms with E-state index in [9.17, 15) is 14.9 Å². The summed E-state index contributed by atoms with van der Waals surface area (Å²) in [6.07, 6.45) is 5.92. The minimum Gasteiger partial charge on any atom is -0.303 e. The smallest absolute Gasteiger partial charge is 0.270 e. The number of thioether (sulfide) groups is 1. The zero-order valence-corrected chi connectivity index (χ0v) is 19.5. The molecule has 1 N–H and O–H groups in total. The number of carbonyl (C=O) groups is 1. The molecule has 1 atom stereocenters. The van der Waals surface area contributed by atoms with Gasteiger partial charge in [0, 0.05) is 29.1 Å². The number of amides is 1. The number of hydrogen-bond acceptors (Lipinski definition) is 8. The fourth-order valence-corrected chi connectivity index (χ4v) is 5.54. The van der Waals surface area contributed by atoms with Crippen molar-refractivity contribution in [2.75, 3.05) is 5.32 Å². The third-order valence-corrected chi connectivity index (χ3v) is 7.33. The van der Waals surface area contributed by atoms with Gasteiger partial charge in [-0.15, -0.1) is 21.5 Å². The van der Waals surface area contributed by atoms with Crippen LogP contribution in [0.4, 0.5) is 10.8 Å². The molecule has 1 unspecified atom stereocenters. The van der Waals surface area contributed by atoms with Crippen molar-refractivity contribution in [2.24, 2.45) is 0 Å². The van der Waals surface area contributed by atoms with Crippen molar-refractivity contribution >= 4 is 39.8 Å². The fraction of sp³-hybridized carbons (Fsp3) is 0.429. The monoisotopic (exact) mass is 472 g/mol. The number of carbonyl (C=O) groups excluding carboxylic acids is 1. The van der Waals surface area contributed by atoms with E-state index in [0.29, 0.717) is 22.4 Å². The molecule has 2 aromatic heterocycles. The fourth-order valence-electron chi connectivity index (χ4n) is 3.85. The van der Waals surface area contributed by atoms with Gasteiger partial charge in [-0.1, -0.05) is 43.2 Å². The number of nitrogens with zero attached hydrogens (tertiary/aromatic N) is 5. The third kappa shape index (κ3) is 4.99. The summed E-state index contributed by atoms with van der Waals surface area (Å²) >= 11 is 2.68. The number of nitro groups is 1. The molecule has 1 aliphatic rings. The minimum atomic E-state index is -0.439. The summed E-state index contributed by atoms with van der Waals surface area (Å²) in [6.45, 7) is 3.80. The van der Waals surface area contributed by atoms with Gasteiger partial charge in [0.1, 0.15) is 5.82 Å². The van der Waals surface area contributed by atoms with Gasteiger partial charge in [0.25, 0.3) is 5.69 Å². The van der Waals surface area contributed by atoms with Crippen molar-refractivity contribution in [2.45, 2.75) is 62.4 Å². The van der Waals surface area contributed by atoms with Crippen molar-refractivity contribution in [3.05, 3.63) is 45.6 Å². The van der Waals surface area contributed by atoms with E-state index in [2.05, 4.69) is 25.1 Å². The summed E-state index contributed by atoms with van der Waals surface area (Å²) in [5, 5.41) is 25.0. The quantitative estimate of drug-likeness (QED) is 0.284. The van der Waals surface area contributed by atoms with Gasteiger partial charge in [0.2, 0.25) is 5.91 Å². The van der Waals surface area contributed by atoms with Crippen molar-refractivity contribution in [1.82, 2.24) is 19.7 Å². The number of aromatic nitrogens is 4. The third-order valence-electron chi connectivity index (χ3n) is 5.51. The van der Waals surface area contributed by atoms with E-state index in [0.717, 1.165) is 23.8 Å². The van der Waals surface area contributed by atoms with Crippen molar-refractivity contribution in [1.29, 1.82) is 0 Å². The second-order valence-electron chi connectivity index (χ2n) is 7.79. The number of hydrogen-bond donors (Lipinski definition) is 1. The molecular weight excluding hydrogens is 448 g/mol. The lowest BCUT2D eigenvalue weighted by molar-refractivity contribution is -0.384. The first kappa shape index (κ1) is 22.4. The Hall–Kier alpha value is -2.79. The average Bonchev–Trinajstić information content (AvgIpc) is 3.41. The van der Waals surface area contributed by atoms with Crippen molar-refractivity contribution in [3.63, 3.8) is 0 Å². The second kappa shape index (κ2) is 9.78. The molecule has 168 valence electrons. The molecule has 32 heavy (non-hydrogen) atoms. The molecule has 0 aliphatic heterocycles. The number of nitro benzene ring substituents is 1. The number of nitrogens with one attached hydrogen (secondary N) is 1. The van der Waals surface area contributed by atoms with Crippen LogP contribution in [0, 0.1) is 17.0 Å². The van der Waals surface area contributed by atoms with E-state index in [-0.39, 0.29) is 16.8 Å². The molecule has 4 rings (SSSR count). The molecule has 11 heteroatoms. The highest BCUT2D eigenvalue weighted by molar-refractivity contribution is 8.00. The Morgan fingerprint density at radius 1 is 1.31 bits per heavy atom. The van der Waals surface area contributed by atoms with Crippen LogP contribution in [-0.4, -0.2) is 35.8 Å². The van der Waals surface area contributed by atoms with Crippen LogP contribution in [0.25, 0.3) is 11.3 Å². The lowest BCUT2D eigenvalue weighted by Crippen LogP contribution is -2.23. The Morgan fingerprint density at radius 2 is 2.09 bits per heavy atom. The SMILES string of the molecule is Cc1nnc(SC(C)C(=O)Nc2nc(-c3cccc([N+](=O)[O-])c3)cs2)n1C1CCCCC1. The average molecular weight is 473 g/mol. The zero-order valence-electron chi connectivity index (χ0n) is 17.9. The summed E-state index contributed by atoms with van der Waals surface area (Å²) in [5.41, 5.74) is 1.22. The first-order valence-electron chi connectivity index (χ1n) is 10.5. The Balaban J connectivity index is 1.42. The number of aryl methyl sites for hydroxylation is 1. The van der Waals surface area contributed by atoms with E-state index < -0.39 is 4.92 Å². The van der Waals surface area contributed by atoms with Gasteiger partial charge in [0.15, 0.2) is 10.3 Å². The van der Waals surface area contributed by atoms with Gasteiger partial charge in [-0.05, 0) is 26.7 Å². The van der Waals surface area contributed by atoms with Gasteiger partial charge < -0.3 is 9.88 Å². The summed E-state index contributed by atoms with van der Waals surface area (Å²) in [7, 11) is 0. The van der Waals surface area contributed by atoms with Crippen molar-refractivity contribution in [3.8, 4) is 11.3 Å². The second-order valence-corrected chi connectivity index (χ2v) is 9.95. The maximum absolute atomic E-state index is 12.8. The van der Waals surface area contributed by atoms with Crippen LogP contribution in [0.15, 0.2) is 34.8 Å². The van der Waals surface area contributed by atoms with Crippen molar-refractivity contribution < 1.29 is 9.72 Å². The van der Waals surface area contributed by atoms with Crippen LogP contribution in [0.1, 0.15) is 50.9 Å². The first-order chi connectivity index (χ1) is 15.4. The van der Waals surface area contributed by atoms with Crippen LogP contribution in [0.3, 0.4) is 0 Å². The number of benzene rings is 1. The van der Waals surface area contributed by atoms with Crippen LogP contribution in [0.2, 0.25) is 0 Å². The minimum absolute atomic E-state index is 0.00322. The Bertz CT molecular complexity index is 1120. The Labute approximate surface area is 193 Å². The van der Waals surface area contributed by atoms with Gasteiger partial charge in [-0.25, -0.2) is 4.98 Å². The number of rotatable bonds is 7.